The Balaban J connectivity index is 1.38. The van der Waals surface area contributed by atoms with Crippen molar-refractivity contribution in [3.8, 4) is 44.9 Å². The van der Waals surface area contributed by atoms with Crippen LogP contribution in [0.3, 0.4) is 0 Å². The van der Waals surface area contributed by atoms with E-state index in [-0.39, 0.29) is 26.4 Å². The van der Waals surface area contributed by atoms with Crippen molar-refractivity contribution in [2.45, 2.75) is 5.41 Å². The molecule has 4 heteroatoms. The van der Waals surface area contributed by atoms with Crippen molar-refractivity contribution in [1.29, 1.82) is 0 Å². The monoisotopic (exact) mass is 690 g/mol. The van der Waals surface area contributed by atoms with Crippen molar-refractivity contribution in [2.24, 2.45) is 0 Å². The number of aliphatic hydroxyl groups excluding tert-OH is 2. The topological polar surface area (TPSA) is 58.9 Å². The van der Waals surface area contributed by atoms with E-state index in [0.29, 0.717) is 0 Å². The lowest BCUT2D eigenvalue weighted by molar-refractivity contribution is 0.201. The van der Waals surface area contributed by atoms with Crippen molar-refractivity contribution in [3.63, 3.8) is 0 Å². The van der Waals surface area contributed by atoms with Gasteiger partial charge in [0, 0.05) is 0 Å². The van der Waals surface area contributed by atoms with Gasteiger partial charge in [-0.25, -0.2) is 0 Å². The van der Waals surface area contributed by atoms with Crippen LogP contribution < -0.4 is 9.47 Å². The van der Waals surface area contributed by atoms with Crippen LogP contribution in [0.15, 0.2) is 170 Å². The summed E-state index contributed by atoms with van der Waals surface area (Å²) in [7, 11) is 0. The van der Waals surface area contributed by atoms with Crippen molar-refractivity contribution in [2.75, 3.05) is 26.4 Å². The minimum absolute atomic E-state index is 0.0307. The molecule has 0 saturated heterocycles. The van der Waals surface area contributed by atoms with Crippen LogP contribution in [0.4, 0.5) is 0 Å². The molecule has 1 aliphatic rings. The summed E-state index contributed by atoms with van der Waals surface area (Å²) in [4.78, 5) is 0. The average Bonchev–Trinajstić information content (AvgIpc) is 3.53. The maximum absolute atomic E-state index is 9.35. The van der Waals surface area contributed by atoms with E-state index < -0.39 is 5.41 Å². The van der Waals surface area contributed by atoms with E-state index in [1.54, 1.807) is 0 Å². The standard InChI is InChI=1S/C49H38O4/c50-25-27-52-41-23-19-35-29-39(21-17-37(35)31-41)49(40-22-18-38-32-42(53-28-26-51)24-20-36(38)30-40)45-15-7-13-43(33-9-3-1-4-10-33)47(45)48-44(14-8-16-46(48)49)34-11-5-2-6-12-34/h1-24,29-32,50-51H,25-28H2. The zero-order valence-electron chi connectivity index (χ0n) is 29.2. The Morgan fingerprint density at radius 3 is 1.25 bits per heavy atom. The number of fused-ring (bicyclic) bond motifs is 5. The van der Waals surface area contributed by atoms with Crippen LogP contribution in [-0.4, -0.2) is 36.6 Å². The van der Waals surface area contributed by atoms with E-state index in [1.807, 2.05) is 24.3 Å². The molecule has 0 amide bonds. The Labute approximate surface area is 309 Å². The van der Waals surface area contributed by atoms with Crippen LogP contribution >= 0.6 is 0 Å². The van der Waals surface area contributed by atoms with Crippen LogP contribution in [0.5, 0.6) is 11.5 Å². The van der Waals surface area contributed by atoms with Crippen LogP contribution in [0, 0.1) is 0 Å². The highest BCUT2D eigenvalue weighted by Crippen LogP contribution is 2.60. The molecule has 8 aromatic rings. The van der Waals surface area contributed by atoms with Crippen molar-refractivity contribution < 1.29 is 19.7 Å². The van der Waals surface area contributed by atoms with Gasteiger partial charge in [0.2, 0.25) is 0 Å². The summed E-state index contributed by atoms with van der Waals surface area (Å²) < 4.78 is 11.6. The minimum atomic E-state index is -0.666. The number of benzene rings is 8. The fourth-order valence-electron chi connectivity index (χ4n) is 8.34. The highest BCUT2D eigenvalue weighted by atomic mass is 16.5. The molecule has 0 aliphatic heterocycles. The predicted molar refractivity (Wildman–Crippen MR) is 215 cm³/mol. The lowest BCUT2D eigenvalue weighted by atomic mass is 9.67. The molecule has 258 valence electrons. The molecule has 0 saturated carbocycles. The molecule has 9 rings (SSSR count). The Morgan fingerprint density at radius 1 is 0.396 bits per heavy atom. The molecule has 0 aromatic heterocycles. The van der Waals surface area contributed by atoms with Crippen LogP contribution in [0.2, 0.25) is 0 Å². The number of rotatable bonds is 10. The molecule has 0 atom stereocenters. The SMILES string of the molecule is OCCOc1ccc2cc(C3(c4ccc5cc(OCCO)ccc5c4)c4cccc(-c5ccccc5)c4-c4c(-c5ccccc5)cccc43)ccc2c1. The van der Waals surface area contributed by atoms with E-state index in [0.717, 1.165) is 33.0 Å². The lowest BCUT2D eigenvalue weighted by Crippen LogP contribution is -2.28. The summed E-state index contributed by atoms with van der Waals surface area (Å²) in [5.74, 6) is 1.48. The first-order valence-corrected chi connectivity index (χ1v) is 18.1. The smallest absolute Gasteiger partial charge is 0.120 e. The molecular weight excluding hydrogens is 653 g/mol. The average molecular weight is 691 g/mol. The highest BCUT2D eigenvalue weighted by molar-refractivity contribution is 6.02. The molecule has 0 spiro atoms. The first kappa shape index (κ1) is 32.7. The Kier molecular flexibility index (Phi) is 8.47. The Bertz CT molecular complexity index is 2410. The molecule has 8 aromatic carbocycles. The fraction of sp³-hybridized carbons (Fsp3) is 0.102. The summed E-state index contributed by atoms with van der Waals surface area (Å²) in [6.45, 7) is 0.448. The normalized spacial score (nSPS) is 12.8. The lowest BCUT2D eigenvalue weighted by Gasteiger charge is -2.34. The van der Waals surface area contributed by atoms with E-state index in [9.17, 15) is 10.2 Å². The van der Waals surface area contributed by atoms with Crippen molar-refractivity contribution >= 4 is 21.5 Å². The summed E-state index contributed by atoms with van der Waals surface area (Å²) in [5.41, 5.74) is 11.4. The first-order valence-electron chi connectivity index (χ1n) is 18.1. The second-order valence-corrected chi connectivity index (χ2v) is 13.5. The second kappa shape index (κ2) is 13.7. The van der Waals surface area contributed by atoms with E-state index in [1.165, 1.54) is 55.6 Å². The molecule has 4 nitrogen and oxygen atoms in total. The molecule has 0 fully saturated rings. The Hall–Kier alpha value is -6.20. The van der Waals surface area contributed by atoms with Gasteiger partial charge >= 0.3 is 0 Å². The van der Waals surface area contributed by atoms with Gasteiger partial charge in [-0.15, -0.1) is 0 Å². The number of hydrogen-bond acceptors (Lipinski definition) is 4. The summed E-state index contributed by atoms with van der Waals surface area (Å²) in [6.07, 6.45) is 0. The highest BCUT2D eigenvalue weighted by Gasteiger charge is 2.48. The van der Waals surface area contributed by atoms with Gasteiger partial charge in [-0.1, -0.05) is 133 Å². The predicted octanol–water partition coefficient (Wildman–Crippen LogP) is 10.4. The molecule has 1 aliphatic carbocycles. The second-order valence-electron chi connectivity index (χ2n) is 13.5. The molecule has 53 heavy (non-hydrogen) atoms. The summed E-state index contributed by atoms with van der Waals surface area (Å²) >= 11 is 0. The van der Waals surface area contributed by atoms with E-state index in [2.05, 4.69) is 146 Å². The molecular formula is C49H38O4. The maximum atomic E-state index is 9.35. The van der Waals surface area contributed by atoms with Crippen molar-refractivity contribution in [3.05, 3.63) is 192 Å². The zero-order valence-corrected chi connectivity index (χ0v) is 29.2. The molecule has 2 N–H and O–H groups in total. The molecule has 0 bridgehead atoms. The third-order valence-electron chi connectivity index (χ3n) is 10.6. The summed E-state index contributed by atoms with van der Waals surface area (Å²) in [6, 6.07) is 60.9. The third-order valence-corrected chi connectivity index (χ3v) is 10.6. The largest absolute Gasteiger partial charge is 0.491 e. The Morgan fingerprint density at radius 2 is 0.811 bits per heavy atom. The quantitative estimate of drug-likeness (QED) is 0.150. The summed E-state index contributed by atoms with van der Waals surface area (Å²) in [5, 5.41) is 23.1. The number of hydrogen-bond donors (Lipinski definition) is 2. The number of ether oxygens (including phenoxy) is 2. The maximum Gasteiger partial charge on any atom is 0.120 e. The van der Waals surface area contributed by atoms with Gasteiger partial charge in [0.25, 0.3) is 0 Å². The first-order chi connectivity index (χ1) is 26.2. The van der Waals surface area contributed by atoms with Crippen LogP contribution in [0.25, 0.3) is 54.9 Å². The molecule has 0 unspecified atom stereocenters. The van der Waals surface area contributed by atoms with Crippen LogP contribution in [0.1, 0.15) is 22.3 Å². The van der Waals surface area contributed by atoms with Crippen molar-refractivity contribution in [1.82, 2.24) is 0 Å². The van der Waals surface area contributed by atoms with Gasteiger partial charge in [0.05, 0.1) is 18.6 Å². The van der Waals surface area contributed by atoms with Gasteiger partial charge < -0.3 is 19.7 Å². The molecule has 0 heterocycles. The van der Waals surface area contributed by atoms with Crippen LogP contribution in [-0.2, 0) is 5.41 Å². The minimum Gasteiger partial charge on any atom is -0.491 e. The van der Waals surface area contributed by atoms with E-state index in [4.69, 9.17) is 9.47 Å². The van der Waals surface area contributed by atoms with E-state index >= 15 is 0 Å². The van der Waals surface area contributed by atoms with Gasteiger partial charge in [0.1, 0.15) is 24.7 Å². The van der Waals surface area contributed by atoms with Gasteiger partial charge in [-0.2, -0.15) is 0 Å². The third kappa shape index (κ3) is 5.55. The van der Waals surface area contributed by atoms with Gasteiger partial charge in [-0.3, -0.25) is 0 Å². The number of aliphatic hydroxyl groups is 2. The van der Waals surface area contributed by atoms with Gasteiger partial charge in [0.15, 0.2) is 0 Å². The zero-order chi connectivity index (χ0) is 35.8. The molecule has 0 radical (unpaired) electrons. The fourth-order valence-corrected chi connectivity index (χ4v) is 8.34. The van der Waals surface area contributed by atoms with Gasteiger partial charge in [-0.05, 0) is 114 Å².